The molecule has 2 unspecified atom stereocenters. The van der Waals surface area contributed by atoms with Crippen LogP contribution in [-0.4, -0.2) is 16.0 Å². The fourth-order valence-corrected chi connectivity index (χ4v) is 1.86. The third-order valence-corrected chi connectivity index (χ3v) is 2.76. The van der Waals surface area contributed by atoms with Crippen LogP contribution in [0.2, 0.25) is 5.15 Å². The van der Waals surface area contributed by atoms with Gasteiger partial charge in [-0.3, -0.25) is 0 Å². The molecule has 1 fully saturated rings. The highest BCUT2D eigenvalue weighted by molar-refractivity contribution is 6.29. The van der Waals surface area contributed by atoms with Gasteiger partial charge >= 0.3 is 0 Å². The van der Waals surface area contributed by atoms with E-state index in [-0.39, 0.29) is 0 Å². The van der Waals surface area contributed by atoms with Gasteiger partial charge < -0.3 is 5.32 Å². The number of rotatable bonds is 4. The van der Waals surface area contributed by atoms with Gasteiger partial charge in [-0.1, -0.05) is 24.9 Å². The standard InChI is InChI=1S/C10H14ClN3/c1-2-3-7-4-8(7)14-10-5-9(11)12-6-13-10/h5-8H,2-4H2,1H3,(H,12,13,14). The zero-order valence-electron chi connectivity index (χ0n) is 8.20. The fraction of sp³-hybridized carbons (Fsp3) is 0.600. The van der Waals surface area contributed by atoms with E-state index in [0.29, 0.717) is 11.2 Å². The summed E-state index contributed by atoms with van der Waals surface area (Å²) in [6.07, 6.45) is 5.31. The van der Waals surface area contributed by atoms with Gasteiger partial charge in [0.2, 0.25) is 0 Å². The third-order valence-electron chi connectivity index (χ3n) is 2.55. The van der Waals surface area contributed by atoms with E-state index >= 15 is 0 Å². The summed E-state index contributed by atoms with van der Waals surface area (Å²) in [7, 11) is 0. The monoisotopic (exact) mass is 211 g/mol. The molecule has 1 N–H and O–H groups in total. The average molecular weight is 212 g/mol. The molecular formula is C10H14ClN3. The van der Waals surface area contributed by atoms with Crippen LogP contribution in [0.3, 0.4) is 0 Å². The SMILES string of the molecule is CCCC1CC1Nc1cc(Cl)ncn1. The third kappa shape index (κ3) is 2.35. The molecule has 2 rings (SSSR count). The summed E-state index contributed by atoms with van der Waals surface area (Å²) in [5.74, 6) is 1.67. The summed E-state index contributed by atoms with van der Waals surface area (Å²) >= 11 is 5.76. The zero-order valence-corrected chi connectivity index (χ0v) is 8.96. The Morgan fingerprint density at radius 2 is 2.43 bits per heavy atom. The van der Waals surface area contributed by atoms with Crippen molar-refractivity contribution in [1.82, 2.24) is 9.97 Å². The number of halogens is 1. The molecule has 0 aromatic carbocycles. The number of aromatic nitrogens is 2. The largest absolute Gasteiger partial charge is 0.367 e. The van der Waals surface area contributed by atoms with Crippen LogP contribution >= 0.6 is 11.6 Å². The summed E-state index contributed by atoms with van der Waals surface area (Å²) in [4.78, 5) is 7.94. The summed E-state index contributed by atoms with van der Waals surface area (Å²) in [6.45, 7) is 2.22. The van der Waals surface area contributed by atoms with Crippen molar-refractivity contribution in [2.24, 2.45) is 5.92 Å². The number of nitrogens with one attached hydrogen (secondary N) is 1. The summed E-state index contributed by atoms with van der Waals surface area (Å²) < 4.78 is 0. The van der Waals surface area contributed by atoms with Gasteiger partial charge in [-0.15, -0.1) is 0 Å². The number of anilines is 1. The van der Waals surface area contributed by atoms with Gasteiger partial charge in [-0.25, -0.2) is 9.97 Å². The van der Waals surface area contributed by atoms with Crippen LogP contribution in [0, 0.1) is 5.92 Å². The van der Waals surface area contributed by atoms with Crippen LogP contribution in [0.1, 0.15) is 26.2 Å². The highest BCUT2D eigenvalue weighted by atomic mass is 35.5. The maximum Gasteiger partial charge on any atom is 0.134 e. The molecule has 1 aromatic rings. The predicted octanol–water partition coefficient (Wildman–Crippen LogP) is 2.73. The van der Waals surface area contributed by atoms with Crippen LogP contribution in [0.15, 0.2) is 12.4 Å². The molecule has 0 radical (unpaired) electrons. The van der Waals surface area contributed by atoms with E-state index < -0.39 is 0 Å². The maximum atomic E-state index is 5.76. The van der Waals surface area contributed by atoms with Crippen molar-refractivity contribution in [2.45, 2.75) is 32.2 Å². The van der Waals surface area contributed by atoms with E-state index in [2.05, 4.69) is 22.2 Å². The van der Waals surface area contributed by atoms with Gasteiger partial charge in [0.05, 0.1) is 0 Å². The average Bonchev–Trinajstić information content (AvgIpc) is 2.84. The predicted molar refractivity (Wildman–Crippen MR) is 57.5 cm³/mol. The van der Waals surface area contributed by atoms with Gasteiger partial charge in [-0.05, 0) is 18.8 Å². The van der Waals surface area contributed by atoms with Crippen LogP contribution < -0.4 is 5.32 Å². The lowest BCUT2D eigenvalue weighted by molar-refractivity contribution is 0.692. The van der Waals surface area contributed by atoms with E-state index in [1.54, 1.807) is 6.07 Å². The van der Waals surface area contributed by atoms with Gasteiger partial charge in [0.15, 0.2) is 0 Å². The van der Waals surface area contributed by atoms with Crippen molar-refractivity contribution in [3.8, 4) is 0 Å². The van der Waals surface area contributed by atoms with Crippen LogP contribution in [0.5, 0.6) is 0 Å². The second kappa shape index (κ2) is 4.13. The summed E-state index contributed by atoms with van der Waals surface area (Å²) in [5, 5.41) is 3.85. The molecule has 1 aliphatic rings. The first kappa shape index (κ1) is 9.71. The molecule has 1 aliphatic carbocycles. The molecule has 1 heterocycles. The molecular weight excluding hydrogens is 198 g/mol. The Morgan fingerprint density at radius 1 is 1.57 bits per heavy atom. The van der Waals surface area contributed by atoms with Crippen LogP contribution in [0.4, 0.5) is 5.82 Å². The summed E-state index contributed by atoms with van der Waals surface area (Å²) in [5.41, 5.74) is 0. The molecule has 2 atom stereocenters. The lowest BCUT2D eigenvalue weighted by atomic mass is 10.2. The maximum absolute atomic E-state index is 5.76. The molecule has 0 aliphatic heterocycles. The minimum Gasteiger partial charge on any atom is -0.367 e. The molecule has 4 heteroatoms. The van der Waals surface area contributed by atoms with Crippen molar-refractivity contribution < 1.29 is 0 Å². The quantitative estimate of drug-likeness (QED) is 0.779. The Hall–Kier alpha value is -0.830. The highest BCUT2D eigenvalue weighted by Gasteiger charge is 2.36. The van der Waals surface area contributed by atoms with E-state index in [4.69, 9.17) is 11.6 Å². The number of nitrogens with zero attached hydrogens (tertiary/aromatic N) is 2. The molecule has 1 saturated carbocycles. The highest BCUT2D eigenvalue weighted by Crippen LogP contribution is 2.36. The zero-order chi connectivity index (χ0) is 9.97. The summed E-state index contributed by atoms with van der Waals surface area (Å²) in [6, 6.07) is 2.36. The van der Waals surface area contributed by atoms with Crippen molar-refractivity contribution in [2.75, 3.05) is 5.32 Å². The topological polar surface area (TPSA) is 37.8 Å². The second-order valence-corrected chi connectivity index (χ2v) is 4.15. The second-order valence-electron chi connectivity index (χ2n) is 3.76. The minimum atomic E-state index is 0.496. The van der Waals surface area contributed by atoms with E-state index in [9.17, 15) is 0 Å². The molecule has 14 heavy (non-hydrogen) atoms. The molecule has 3 nitrogen and oxygen atoms in total. The van der Waals surface area contributed by atoms with Gasteiger partial charge in [-0.2, -0.15) is 0 Å². The van der Waals surface area contributed by atoms with E-state index in [1.165, 1.54) is 25.6 Å². The molecule has 0 amide bonds. The fourth-order valence-electron chi connectivity index (χ4n) is 1.72. The number of hydrogen-bond donors (Lipinski definition) is 1. The number of hydrogen-bond acceptors (Lipinski definition) is 3. The minimum absolute atomic E-state index is 0.496. The van der Waals surface area contributed by atoms with Crippen molar-refractivity contribution >= 4 is 17.4 Å². The Morgan fingerprint density at radius 3 is 3.14 bits per heavy atom. The molecule has 0 spiro atoms. The van der Waals surface area contributed by atoms with Gasteiger partial charge in [0.25, 0.3) is 0 Å². The first-order chi connectivity index (χ1) is 6.79. The van der Waals surface area contributed by atoms with Crippen LogP contribution in [-0.2, 0) is 0 Å². The van der Waals surface area contributed by atoms with Crippen molar-refractivity contribution in [3.63, 3.8) is 0 Å². The Balaban J connectivity index is 1.87. The van der Waals surface area contributed by atoms with Gasteiger partial charge in [0, 0.05) is 12.1 Å². The smallest absolute Gasteiger partial charge is 0.134 e. The Bertz CT molecular complexity index is 316. The Labute approximate surface area is 88.9 Å². The van der Waals surface area contributed by atoms with Crippen molar-refractivity contribution in [3.05, 3.63) is 17.5 Å². The lowest BCUT2D eigenvalue weighted by Gasteiger charge is -2.03. The Kier molecular flexibility index (Phi) is 2.87. The van der Waals surface area contributed by atoms with Gasteiger partial charge in [0.1, 0.15) is 17.3 Å². The lowest BCUT2D eigenvalue weighted by Crippen LogP contribution is -2.06. The molecule has 0 saturated heterocycles. The molecule has 0 bridgehead atoms. The molecule has 76 valence electrons. The first-order valence-electron chi connectivity index (χ1n) is 5.03. The van der Waals surface area contributed by atoms with E-state index in [0.717, 1.165) is 11.7 Å². The van der Waals surface area contributed by atoms with Crippen molar-refractivity contribution in [1.29, 1.82) is 0 Å². The normalized spacial score (nSPS) is 24.7. The van der Waals surface area contributed by atoms with E-state index in [1.807, 2.05) is 0 Å². The van der Waals surface area contributed by atoms with Crippen LogP contribution in [0.25, 0.3) is 0 Å². The first-order valence-corrected chi connectivity index (χ1v) is 5.41. The molecule has 1 aromatic heterocycles.